The van der Waals surface area contributed by atoms with E-state index in [2.05, 4.69) is 15.5 Å². The van der Waals surface area contributed by atoms with Gasteiger partial charge in [0.05, 0.1) is 11.9 Å². The zero-order valence-corrected chi connectivity index (χ0v) is 16.3. The van der Waals surface area contributed by atoms with Crippen molar-refractivity contribution in [1.29, 1.82) is 0 Å². The monoisotopic (exact) mass is 403 g/mol. The number of anilines is 1. The molecule has 29 heavy (non-hydrogen) atoms. The topological polar surface area (TPSA) is 46.5 Å². The van der Waals surface area contributed by atoms with E-state index in [1.54, 1.807) is 24.4 Å². The molecule has 0 fully saturated rings. The molecule has 0 saturated carbocycles. The molecule has 4 nitrogen and oxygen atoms in total. The Morgan fingerprint density at radius 1 is 0.966 bits per heavy atom. The fourth-order valence-electron chi connectivity index (χ4n) is 2.66. The Bertz CT molecular complexity index is 1090. The summed E-state index contributed by atoms with van der Waals surface area (Å²) >= 11 is 1.50. The fourth-order valence-corrected chi connectivity index (χ4v) is 3.32. The minimum Gasteiger partial charge on any atom is -0.489 e. The van der Waals surface area contributed by atoms with Crippen molar-refractivity contribution in [3.05, 3.63) is 101 Å². The van der Waals surface area contributed by atoms with Gasteiger partial charge in [-0.3, -0.25) is 5.43 Å². The highest BCUT2D eigenvalue weighted by Gasteiger charge is 2.03. The summed E-state index contributed by atoms with van der Waals surface area (Å²) in [5.74, 6) is 0.408. The Hall–Kier alpha value is -3.51. The van der Waals surface area contributed by atoms with Crippen LogP contribution in [0.2, 0.25) is 0 Å². The van der Waals surface area contributed by atoms with Crippen LogP contribution in [0, 0.1) is 5.82 Å². The van der Waals surface area contributed by atoms with E-state index in [1.807, 2.05) is 60.0 Å². The third-order valence-electron chi connectivity index (χ3n) is 4.18. The van der Waals surface area contributed by atoms with Crippen molar-refractivity contribution in [3.63, 3.8) is 0 Å². The lowest BCUT2D eigenvalue weighted by molar-refractivity contribution is 0.300. The molecule has 0 saturated heterocycles. The Morgan fingerprint density at radius 2 is 1.72 bits per heavy atom. The molecule has 6 heteroatoms. The summed E-state index contributed by atoms with van der Waals surface area (Å²) in [7, 11) is 0. The van der Waals surface area contributed by atoms with Gasteiger partial charge in [-0.2, -0.15) is 5.10 Å². The van der Waals surface area contributed by atoms with E-state index in [4.69, 9.17) is 4.74 Å². The molecule has 0 aliphatic rings. The van der Waals surface area contributed by atoms with Gasteiger partial charge in [-0.05, 0) is 35.9 Å². The first kappa shape index (κ1) is 18.8. The molecule has 4 aromatic rings. The van der Waals surface area contributed by atoms with Crippen molar-refractivity contribution in [1.82, 2.24) is 4.98 Å². The lowest BCUT2D eigenvalue weighted by Gasteiger charge is -2.07. The van der Waals surface area contributed by atoms with E-state index >= 15 is 0 Å². The molecule has 0 atom stereocenters. The number of thiazole rings is 1. The second-order valence-corrected chi connectivity index (χ2v) is 7.08. The maximum Gasteiger partial charge on any atom is 0.203 e. The van der Waals surface area contributed by atoms with Crippen LogP contribution in [0.4, 0.5) is 9.52 Å². The number of nitrogens with one attached hydrogen (secondary N) is 1. The zero-order valence-electron chi connectivity index (χ0n) is 15.5. The number of ether oxygens (including phenoxy) is 1. The van der Waals surface area contributed by atoms with Gasteiger partial charge in [0.2, 0.25) is 5.13 Å². The average molecular weight is 403 g/mol. The summed E-state index contributed by atoms with van der Waals surface area (Å²) < 4.78 is 19.3. The molecule has 0 bridgehead atoms. The van der Waals surface area contributed by atoms with Gasteiger partial charge in [0.1, 0.15) is 18.2 Å². The highest BCUT2D eigenvalue weighted by atomic mass is 32.1. The van der Waals surface area contributed by atoms with Crippen molar-refractivity contribution in [3.8, 4) is 17.0 Å². The predicted octanol–water partition coefficient (Wildman–Crippen LogP) is 5.97. The first-order chi connectivity index (χ1) is 14.3. The Kier molecular flexibility index (Phi) is 5.92. The van der Waals surface area contributed by atoms with Crippen LogP contribution < -0.4 is 10.2 Å². The van der Waals surface area contributed by atoms with Gasteiger partial charge in [-0.25, -0.2) is 9.37 Å². The van der Waals surface area contributed by atoms with E-state index in [1.165, 1.54) is 17.4 Å². The van der Waals surface area contributed by atoms with Crippen LogP contribution in [-0.2, 0) is 6.61 Å². The van der Waals surface area contributed by atoms with E-state index in [0.29, 0.717) is 11.3 Å². The first-order valence-corrected chi connectivity index (χ1v) is 9.92. The van der Waals surface area contributed by atoms with Crippen molar-refractivity contribution in [2.24, 2.45) is 5.10 Å². The maximum atomic E-state index is 13.6. The van der Waals surface area contributed by atoms with Crippen LogP contribution in [0.1, 0.15) is 11.1 Å². The lowest BCUT2D eigenvalue weighted by Crippen LogP contribution is -1.98. The molecule has 0 unspecified atom stereocenters. The molecule has 4 rings (SSSR count). The van der Waals surface area contributed by atoms with Gasteiger partial charge in [-0.15, -0.1) is 11.3 Å². The van der Waals surface area contributed by atoms with Gasteiger partial charge in [0.15, 0.2) is 0 Å². The summed E-state index contributed by atoms with van der Waals surface area (Å²) in [6.45, 7) is 0.190. The molecule has 3 aromatic carbocycles. The van der Waals surface area contributed by atoms with E-state index in [-0.39, 0.29) is 12.4 Å². The quantitative estimate of drug-likeness (QED) is 0.305. The van der Waals surface area contributed by atoms with E-state index < -0.39 is 0 Å². The van der Waals surface area contributed by atoms with Crippen molar-refractivity contribution < 1.29 is 9.13 Å². The standard InChI is InChI=1S/C23H18FN3OS/c24-21-9-5-4-8-19(21)15-28-20-12-10-17(11-13-20)14-25-27-23-26-22(16-29-23)18-6-2-1-3-7-18/h1-14,16H,15H2,(H,26,27)/b25-14-. The van der Waals surface area contributed by atoms with Crippen LogP contribution in [0.5, 0.6) is 5.75 Å². The second-order valence-electron chi connectivity index (χ2n) is 6.22. The lowest BCUT2D eigenvalue weighted by atomic mass is 10.2. The minimum absolute atomic E-state index is 0.190. The highest BCUT2D eigenvalue weighted by molar-refractivity contribution is 7.14. The van der Waals surface area contributed by atoms with Gasteiger partial charge in [-0.1, -0.05) is 48.5 Å². The SMILES string of the molecule is Fc1ccccc1COc1ccc(/C=N\Nc2nc(-c3ccccc3)cs2)cc1. The third-order valence-corrected chi connectivity index (χ3v) is 4.93. The van der Waals surface area contributed by atoms with Gasteiger partial charge in [0.25, 0.3) is 0 Å². The number of benzene rings is 3. The molecular formula is C23H18FN3OS. The smallest absolute Gasteiger partial charge is 0.203 e. The summed E-state index contributed by atoms with van der Waals surface area (Å²) in [6, 6.07) is 24.0. The molecule has 1 N–H and O–H groups in total. The summed E-state index contributed by atoms with van der Waals surface area (Å²) in [6.07, 6.45) is 1.71. The molecule has 1 aromatic heterocycles. The number of nitrogens with zero attached hydrogens (tertiary/aromatic N) is 2. The zero-order chi connectivity index (χ0) is 19.9. The number of halogens is 1. The molecule has 0 amide bonds. The highest BCUT2D eigenvalue weighted by Crippen LogP contribution is 2.24. The third kappa shape index (κ3) is 5.06. The van der Waals surface area contributed by atoms with Gasteiger partial charge < -0.3 is 4.74 Å². The molecular weight excluding hydrogens is 385 g/mol. The molecule has 144 valence electrons. The summed E-state index contributed by atoms with van der Waals surface area (Å²) in [5, 5.41) is 6.96. The fraction of sp³-hybridized carbons (Fsp3) is 0.0435. The Balaban J connectivity index is 1.31. The molecule has 0 aliphatic heterocycles. The largest absolute Gasteiger partial charge is 0.489 e. The number of hydrogen-bond acceptors (Lipinski definition) is 5. The van der Waals surface area contributed by atoms with Crippen molar-refractivity contribution in [2.75, 3.05) is 5.43 Å². The average Bonchev–Trinajstić information content (AvgIpc) is 3.24. The first-order valence-electron chi connectivity index (χ1n) is 9.04. The van der Waals surface area contributed by atoms with Crippen LogP contribution >= 0.6 is 11.3 Å². The molecule has 1 heterocycles. The van der Waals surface area contributed by atoms with Crippen LogP contribution in [0.15, 0.2) is 89.3 Å². The van der Waals surface area contributed by atoms with Gasteiger partial charge >= 0.3 is 0 Å². The minimum atomic E-state index is -0.264. The predicted molar refractivity (Wildman–Crippen MR) is 116 cm³/mol. The van der Waals surface area contributed by atoms with Crippen molar-refractivity contribution >= 4 is 22.7 Å². The van der Waals surface area contributed by atoms with Crippen LogP contribution in [0.25, 0.3) is 11.3 Å². The number of rotatable bonds is 7. The van der Waals surface area contributed by atoms with Crippen LogP contribution in [-0.4, -0.2) is 11.2 Å². The molecule has 0 spiro atoms. The number of aromatic nitrogens is 1. The summed E-state index contributed by atoms with van der Waals surface area (Å²) in [4.78, 5) is 4.53. The Labute approximate surface area is 172 Å². The summed E-state index contributed by atoms with van der Waals surface area (Å²) in [5.41, 5.74) is 6.39. The maximum absolute atomic E-state index is 13.6. The molecule has 0 radical (unpaired) electrons. The van der Waals surface area contributed by atoms with Crippen molar-refractivity contribution in [2.45, 2.75) is 6.61 Å². The second kappa shape index (κ2) is 9.12. The number of hydrogen-bond donors (Lipinski definition) is 1. The molecule has 0 aliphatic carbocycles. The van der Waals surface area contributed by atoms with E-state index in [9.17, 15) is 4.39 Å². The van der Waals surface area contributed by atoms with Crippen LogP contribution in [0.3, 0.4) is 0 Å². The van der Waals surface area contributed by atoms with Gasteiger partial charge in [0, 0.05) is 16.5 Å². The normalized spacial score (nSPS) is 10.9. The number of hydrazone groups is 1. The Morgan fingerprint density at radius 3 is 2.52 bits per heavy atom. The van der Waals surface area contributed by atoms with E-state index in [0.717, 1.165) is 22.0 Å².